The van der Waals surface area contributed by atoms with Gasteiger partial charge in [0.05, 0.1) is 19.3 Å². The van der Waals surface area contributed by atoms with E-state index < -0.39 is 6.09 Å². The zero-order valence-electron chi connectivity index (χ0n) is 6.69. The van der Waals surface area contributed by atoms with Gasteiger partial charge in [0.1, 0.15) is 0 Å². The number of nitrogens with two attached hydrogens (primary N) is 1. The first kappa shape index (κ1) is 9.24. The van der Waals surface area contributed by atoms with Crippen LogP contribution in [-0.2, 0) is 4.74 Å². The van der Waals surface area contributed by atoms with Crippen LogP contribution in [0, 0.1) is 0 Å². The lowest BCUT2D eigenvalue weighted by Gasteiger charge is -2.19. The molecule has 1 unspecified atom stereocenters. The second kappa shape index (κ2) is 4.24. The molecule has 1 amide bonds. The molecule has 1 atom stereocenters. The summed E-state index contributed by atoms with van der Waals surface area (Å²) in [6, 6.07) is -0.108. The van der Waals surface area contributed by atoms with Gasteiger partial charge in [-0.2, -0.15) is 0 Å². The smallest absolute Gasteiger partial charge is 0.407 e. The van der Waals surface area contributed by atoms with Crippen molar-refractivity contribution in [2.45, 2.75) is 6.04 Å². The molecule has 1 aliphatic heterocycles. The molecule has 6 nitrogen and oxygen atoms in total. The number of nitrogens with zero attached hydrogens (tertiary/aromatic N) is 1. The molecule has 0 radical (unpaired) electrons. The summed E-state index contributed by atoms with van der Waals surface area (Å²) in [5, 5.41) is 8.68. The van der Waals surface area contributed by atoms with Crippen LogP contribution in [0.25, 0.3) is 0 Å². The average molecular weight is 175 g/mol. The van der Waals surface area contributed by atoms with Crippen LogP contribution in [0.1, 0.15) is 0 Å². The van der Waals surface area contributed by atoms with E-state index in [1.807, 2.05) is 0 Å². The van der Waals surface area contributed by atoms with E-state index in [9.17, 15) is 4.79 Å². The largest absolute Gasteiger partial charge is 0.465 e. The van der Waals surface area contributed by atoms with Crippen LogP contribution in [0.4, 0.5) is 4.79 Å². The van der Waals surface area contributed by atoms with Gasteiger partial charge in [-0.1, -0.05) is 0 Å². The van der Waals surface area contributed by atoms with Gasteiger partial charge in [-0.3, -0.25) is 11.3 Å². The van der Waals surface area contributed by atoms with Gasteiger partial charge < -0.3 is 14.7 Å². The Bertz CT molecular complexity index is 164. The average Bonchev–Trinajstić information content (AvgIpc) is 2.28. The van der Waals surface area contributed by atoms with Crippen molar-refractivity contribution in [1.82, 2.24) is 10.3 Å². The summed E-state index contributed by atoms with van der Waals surface area (Å²) >= 11 is 0. The molecule has 12 heavy (non-hydrogen) atoms. The quantitative estimate of drug-likeness (QED) is 0.345. The van der Waals surface area contributed by atoms with Gasteiger partial charge in [0.25, 0.3) is 0 Å². The molecule has 1 fully saturated rings. The van der Waals surface area contributed by atoms with E-state index in [0.717, 1.165) is 0 Å². The fraction of sp³-hybridized carbons (Fsp3) is 0.833. The molecule has 1 rings (SSSR count). The minimum absolute atomic E-state index is 0.108. The van der Waals surface area contributed by atoms with E-state index in [2.05, 4.69) is 5.43 Å². The van der Waals surface area contributed by atoms with Crippen molar-refractivity contribution in [3.8, 4) is 0 Å². The molecule has 0 aliphatic carbocycles. The van der Waals surface area contributed by atoms with Crippen molar-refractivity contribution >= 4 is 6.09 Å². The Kier molecular flexibility index (Phi) is 3.27. The maximum Gasteiger partial charge on any atom is 0.407 e. The van der Waals surface area contributed by atoms with Gasteiger partial charge in [-0.15, -0.1) is 0 Å². The summed E-state index contributed by atoms with van der Waals surface area (Å²) in [5.74, 6) is 5.19. The van der Waals surface area contributed by atoms with Crippen LogP contribution >= 0.6 is 0 Å². The minimum Gasteiger partial charge on any atom is -0.465 e. The van der Waals surface area contributed by atoms with Gasteiger partial charge in [0.15, 0.2) is 0 Å². The number of carbonyl (C=O) groups is 1. The fourth-order valence-corrected chi connectivity index (χ4v) is 1.08. The number of nitrogens with one attached hydrogen (secondary N) is 1. The number of rotatable bonds is 1. The zero-order valence-corrected chi connectivity index (χ0v) is 6.69. The Morgan fingerprint density at radius 2 is 2.50 bits per heavy atom. The lowest BCUT2D eigenvalue weighted by Crippen LogP contribution is -2.46. The van der Waals surface area contributed by atoms with Gasteiger partial charge in [-0.25, -0.2) is 4.79 Å². The summed E-state index contributed by atoms with van der Waals surface area (Å²) in [6.45, 7) is 1.68. The zero-order chi connectivity index (χ0) is 8.97. The van der Waals surface area contributed by atoms with E-state index in [-0.39, 0.29) is 6.04 Å². The molecule has 1 saturated heterocycles. The molecular formula is C6H13N3O3. The van der Waals surface area contributed by atoms with Crippen LogP contribution in [0.5, 0.6) is 0 Å². The third-order valence-corrected chi connectivity index (χ3v) is 1.77. The van der Waals surface area contributed by atoms with E-state index in [4.69, 9.17) is 15.7 Å². The molecule has 0 saturated carbocycles. The van der Waals surface area contributed by atoms with Crippen molar-refractivity contribution < 1.29 is 14.6 Å². The highest BCUT2D eigenvalue weighted by Gasteiger charge is 2.20. The molecule has 1 heterocycles. The van der Waals surface area contributed by atoms with Crippen LogP contribution < -0.4 is 11.3 Å². The molecule has 4 N–H and O–H groups in total. The van der Waals surface area contributed by atoms with Gasteiger partial charge in [-0.05, 0) is 0 Å². The van der Waals surface area contributed by atoms with E-state index in [1.54, 1.807) is 0 Å². The molecule has 0 aromatic heterocycles. The number of carboxylic acid groups (broad SMARTS) is 1. The highest BCUT2D eigenvalue weighted by molar-refractivity contribution is 5.65. The number of hydrogen-bond donors (Lipinski definition) is 3. The maximum atomic E-state index is 10.6. The van der Waals surface area contributed by atoms with Crippen LogP contribution in [0.2, 0.25) is 0 Å². The second-order valence-corrected chi connectivity index (χ2v) is 2.67. The third-order valence-electron chi connectivity index (χ3n) is 1.77. The van der Waals surface area contributed by atoms with Crippen LogP contribution in [0.3, 0.4) is 0 Å². The van der Waals surface area contributed by atoms with E-state index in [1.165, 1.54) is 4.90 Å². The maximum absolute atomic E-state index is 10.6. The van der Waals surface area contributed by atoms with Gasteiger partial charge >= 0.3 is 6.09 Å². The Morgan fingerprint density at radius 1 is 1.75 bits per heavy atom. The summed E-state index contributed by atoms with van der Waals surface area (Å²) in [7, 11) is 0. The second-order valence-electron chi connectivity index (χ2n) is 2.67. The Balaban J connectivity index is 2.47. The van der Waals surface area contributed by atoms with Crippen molar-refractivity contribution in [1.29, 1.82) is 0 Å². The predicted molar refractivity (Wildman–Crippen MR) is 41.5 cm³/mol. The number of hydrazine groups is 1. The summed E-state index contributed by atoms with van der Waals surface area (Å²) in [5.41, 5.74) is 2.50. The highest BCUT2D eigenvalue weighted by Crippen LogP contribution is 1.99. The summed E-state index contributed by atoms with van der Waals surface area (Å²) < 4.78 is 5.13. The molecule has 1 aliphatic rings. The molecule has 0 spiro atoms. The topological polar surface area (TPSA) is 87.8 Å². The summed E-state index contributed by atoms with van der Waals surface area (Å²) in [4.78, 5) is 11.9. The normalized spacial score (nSPS) is 25.1. The number of ether oxygens (including phenoxy) is 1. The molecule has 0 bridgehead atoms. The van der Waals surface area contributed by atoms with Crippen molar-refractivity contribution in [3.05, 3.63) is 0 Å². The molecular weight excluding hydrogens is 162 g/mol. The van der Waals surface area contributed by atoms with Gasteiger partial charge in [0.2, 0.25) is 0 Å². The standard InChI is InChI=1S/C6H13N3O3/c7-8-5-3-9(6(10)11)1-2-12-4-5/h5,8H,1-4,7H2,(H,10,11). The Morgan fingerprint density at radius 3 is 3.08 bits per heavy atom. The lowest BCUT2D eigenvalue weighted by molar-refractivity contribution is 0.124. The van der Waals surface area contributed by atoms with Crippen molar-refractivity contribution in [3.63, 3.8) is 0 Å². The fourth-order valence-electron chi connectivity index (χ4n) is 1.08. The monoisotopic (exact) mass is 175 g/mol. The first-order chi connectivity index (χ1) is 5.74. The molecule has 6 heteroatoms. The number of amides is 1. The first-order valence-electron chi connectivity index (χ1n) is 3.75. The molecule has 0 aromatic rings. The van der Waals surface area contributed by atoms with E-state index >= 15 is 0 Å². The van der Waals surface area contributed by atoms with Gasteiger partial charge in [0, 0.05) is 13.1 Å². The Labute approximate surface area is 70.2 Å². The first-order valence-corrected chi connectivity index (χ1v) is 3.75. The van der Waals surface area contributed by atoms with Crippen LogP contribution in [-0.4, -0.2) is 48.4 Å². The van der Waals surface area contributed by atoms with E-state index in [0.29, 0.717) is 26.3 Å². The summed E-state index contributed by atoms with van der Waals surface area (Å²) in [6.07, 6.45) is -0.930. The predicted octanol–water partition coefficient (Wildman–Crippen LogP) is -1.17. The highest BCUT2D eigenvalue weighted by atomic mass is 16.5. The van der Waals surface area contributed by atoms with Crippen molar-refractivity contribution in [2.24, 2.45) is 5.84 Å². The minimum atomic E-state index is -0.930. The molecule has 0 aromatic carbocycles. The molecule has 70 valence electrons. The lowest BCUT2D eigenvalue weighted by atomic mass is 10.3. The number of hydrogen-bond acceptors (Lipinski definition) is 4. The van der Waals surface area contributed by atoms with Crippen LogP contribution in [0.15, 0.2) is 0 Å². The SMILES string of the molecule is NNC1COCCN(C(=O)O)C1. The third kappa shape index (κ3) is 2.33. The Hall–Kier alpha value is -0.850. The van der Waals surface area contributed by atoms with Crippen molar-refractivity contribution in [2.75, 3.05) is 26.3 Å².